The lowest BCUT2D eigenvalue weighted by Gasteiger charge is -2.16. The summed E-state index contributed by atoms with van der Waals surface area (Å²) in [6.07, 6.45) is -0.572. The number of hydrogen-bond donors (Lipinski definition) is 4. The van der Waals surface area contributed by atoms with Crippen LogP contribution in [0.15, 0.2) is 53.5 Å². The molecule has 0 spiro atoms. The molecule has 1 unspecified atom stereocenters. The normalized spacial score (nSPS) is 12.0. The van der Waals surface area contributed by atoms with Crippen LogP contribution in [0.2, 0.25) is 0 Å². The molecule has 31 heavy (non-hydrogen) atoms. The predicted molar refractivity (Wildman–Crippen MR) is 135 cm³/mol. The highest BCUT2D eigenvalue weighted by atomic mass is 127. The summed E-state index contributed by atoms with van der Waals surface area (Å²) in [7, 11) is 1.61. The van der Waals surface area contributed by atoms with E-state index in [1.807, 2.05) is 63.2 Å². The molecule has 0 bridgehead atoms. The van der Waals surface area contributed by atoms with Crippen molar-refractivity contribution in [3.8, 4) is 5.75 Å². The van der Waals surface area contributed by atoms with Crippen molar-refractivity contribution in [2.45, 2.75) is 39.5 Å². The molecule has 1 atom stereocenters. The van der Waals surface area contributed by atoms with Crippen LogP contribution >= 0.6 is 24.0 Å². The summed E-state index contributed by atoms with van der Waals surface area (Å²) in [4.78, 5) is 16.3. The summed E-state index contributed by atoms with van der Waals surface area (Å²) in [5, 5.41) is 19.4. The van der Waals surface area contributed by atoms with E-state index in [1.165, 1.54) is 0 Å². The van der Waals surface area contributed by atoms with Crippen LogP contribution < -0.4 is 20.7 Å². The number of ether oxygens (including phenoxy) is 1. The van der Waals surface area contributed by atoms with Gasteiger partial charge in [0.2, 0.25) is 0 Å². The van der Waals surface area contributed by atoms with Crippen molar-refractivity contribution in [3.05, 3.63) is 65.2 Å². The highest BCUT2D eigenvalue weighted by Crippen LogP contribution is 2.18. The number of halogens is 1. The highest BCUT2D eigenvalue weighted by molar-refractivity contribution is 14.0. The molecule has 0 aromatic heterocycles. The van der Waals surface area contributed by atoms with Crippen LogP contribution in [0.3, 0.4) is 0 Å². The number of guanidine groups is 1. The molecule has 8 heteroatoms. The van der Waals surface area contributed by atoms with Gasteiger partial charge in [0, 0.05) is 25.7 Å². The Morgan fingerprint density at radius 2 is 1.84 bits per heavy atom. The van der Waals surface area contributed by atoms with Crippen molar-refractivity contribution < 1.29 is 14.6 Å². The average Bonchev–Trinajstić information content (AvgIpc) is 2.75. The van der Waals surface area contributed by atoms with Gasteiger partial charge in [0.15, 0.2) is 5.96 Å². The number of hydrogen-bond acceptors (Lipinski definition) is 4. The van der Waals surface area contributed by atoms with Crippen molar-refractivity contribution >= 4 is 35.8 Å². The minimum atomic E-state index is -0.682. The number of amides is 1. The molecule has 0 fully saturated rings. The first-order chi connectivity index (χ1) is 14.4. The Kier molecular flexibility index (Phi) is 11.9. The second kappa shape index (κ2) is 13.9. The van der Waals surface area contributed by atoms with Gasteiger partial charge in [0.05, 0.1) is 18.8 Å². The lowest BCUT2D eigenvalue weighted by molar-refractivity contribution is 0.0963. The van der Waals surface area contributed by atoms with E-state index in [2.05, 4.69) is 20.9 Å². The second-order valence-corrected chi connectivity index (χ2v) is 7.11. The number of aliphatic imine (C=N–C) groups is 1. The van der Waals surface area contributed by atoms with Crippen LogP contribution in [0.25, 0.3) is 0 Å². The summed E-state index contributed by atoms with van der Waals surface area (Å²) in [5.74, 6) is 1.25. The fourth-order valence-electron chi connectivity index (χ4n) is 2.82. The molecule has 170 valence electrons. The molecule has 0 aliphatic carbocycles. The Bertz CT molecular complexity index is 841. The molecule has 0 aliphatic heterocycles. The van der Waals surface area contributed by atoms with Crippen molar-refractivity contribution in [2.24, 2.45) is 4.99 Å². The molecule has 2 rings (SSSR count). The minimum absolute atomic E-state index is 0. The summed E-state index contributed by atoms with van der Waals surface area (Å²) >= 11 is 0. The fraction of sp³-hybridized carbons (Fsp3) is 0.391. The van der Waals surface area contributed by atoms with Crippen LogP contribution in [-0.2, 0) is 6.54 Å². The molecule has 0 aliphatic rings. The fourth-order valence-corrected chi connectivity index (χ4v) is 2.82. The number of aliphatic hydroxyl groups excluding tert-OH is 1. The zero-order valence-corrected chi connectivity index (χ0v) is 20.8. The molecule has 0 saturated carbocycles. The van der Waals surface area contributed by atoms with Gasteiger partial charge in [-0.25, -0.2) is 4.99 Å². The molecule has 1 amide bonds. The molecule has 7 nitrogen and oxygen atoms in total. The van der Waals surface area contributed by atoms with E-state index in [1.54, 1.807) is 13.1 Å². The third-order valence-electron chi connectivity index (χ3n) is 4.28. The lowest BCUT2D eigenvalue weighted by Crippen LogP contribution is -2.39. The van der Waals surface area contributed by atoms with Crippen molar-refractivity contribution in [2.75, 3.05) is 20.1 Å². The van der Waals surface area contributed by atoms with Gasteiger partial charge in [0.25, 0.3) is 5.91 Å². The molecule has 2 aromatic rings. The van der Waals surface area contributed by atoms with Crippen LogP contribution in [0.4, 0.5) is 0 Å². The molecular formula is C23H33IN4O3. The van der Waals surface area contributed by atoms with E-state index in [9.17, 15) is 9.90 Å². The smallest absolute Gasteiger partial charge is 0.251 e. The van der Waals surface area contributed by atoms with Crippen molar-refractivity contribution in [3.63, 3.8) is 0 Å². The number of carbonyl (C=O) groups excluding carboxylic acids is 1. The van der Waals surface area contributed by atoms with Crippen LogP contribution in [0.1, 0.15) is 48.4 Å². The van der Waals surface area contributed by atoms with Gasteiger partial charge < -0.3 is 25.8 Å². The summed E-state index contributed by atoms with van der Waals surface area (Å²) in [6.45, 7) is 7.35. The van der Waals surface area contributed by atoms with E-state index in [-0.39, 0.29) is 36.0 Å². The van der Waals surface area contributed by atoms with E-state index in [4.69, 9.17) is 4.74 Å². The molecule has 0 saturated heterocycles. The molecule has 4 N–H and O–H groups in total. The number of aliphatic hydroxyl groups is 1. The number of benzene rings is 2. The Hall–Kier alpha value is -2.33. The zero-order valence-electron chi connectivity index (χ0n) is 18.5. The van der Waals surface area contributed by atoms with Gasteiger partial charge in [-0.2, -0.15) is 0 Å². The molecular weight excluding hydrogens is 507 g/mol. The highest BCUT2D eigenvalue weighted by Gasteiger charge is 2.10. The Labute approximate surface area is 201 Å². The number of rotatable bonds is 9. The summed E-state index contributed by atoms with van der Waals surface area (Å²) in [6, 6.07) is 14.8. The second-order valence-electron chi connectivity index (χ2n) is 7.11. The Morgan fingerprint density at radius 1 is 1.13 bits per heavy atom. The van der Waals surface area contributed by atoms with Crippen molar-refractivity contribution in [1.82, 2.24) is 16.0 Å². The largest absolute Gasteiger partial charge is 0.491 e. The number of carbonyl (C=O) groups is 1. The summed E-state index contributed by atoms with van der Waals surface area (Å²) < 4.78 is 5.63. The Balaban J connectivity index is 0.00000480. The third-order valence-corrected chi connectivity index (χ3v) is 4.28. The van der Waals surface area contributed by atoms with Gasteiger partial charge in [-0.3, -0.25) is 4.79 Å². The molecule has 0 heterocycles. The average molecular weight is 540 g/mol. The zero-order chi connectivity index (χ0) is 21.9. The predicted octanol–water partition coefficient (Wildman–Crippen LogP) is 3.24. The summed E-state index contributed by atoms with van der Waals surface area (Å²) in [5.41, 5.74) is 2.32. The van der Waals surface area contributed by atoms with Gasteiger partial charge in [-0.05, 0) is 56.2 Å². The quantitative estimate of drug-likeness (QED) is 0.223. The van der Waals surface area contributed by atoms with E-state index >= 15 is 0 Å². The van der Waals surface area contributed by atoms with Crippen LogP contribution in [0.5, 0.6) is 5.75 Å². The maximum atomic E-state index is 11.8. The van der Waals surface area contributed by atoms with E-state index in [0.29, 0.717) is 31.2 Å². The monoisotopic (exact) mass is 540 g/mol. The first-order valence-electron chi connectivity index (χ1n) is 10.2. The maximum absolute atomic E-state index is 11.8. The van der Waals surface area contributed by atoms with E-state index in [0.717, 1.165) is 16.9 Å². The number of nitrogens with zero attached hydrogens (tertiary/aromatic N) is 1. The minimum Gasteiger partial charge on any atom is -0.491 e. The van der Waals surface area contributed by atoms with Crippen LogP contribution in [-0.4, -0.2) is 43.2 Å². The molecule has 2 aromatic carbocycles. The standard InChI is InChI=1S/C23H32N4O3.HI/c1-5-25-23(26-14-17-7-6-8-19(13-17)22(29)24-4)27-15-21(28)18-9-11-20(12-10-18)30-16(2)3;/h6-13,16,21,28H,5,14-15H2,1-4H3,(H,24,29)(H2,25,26,27);1H. The lowest BCUT2D eigenvalue weighted by atomic mass is 10.1. The topological polar surface area (TPSA) is 95.0 Å². The first-order valence-corrected chi connectivity index (χ1v) is 10.2. The molecule has 0 radical (unpaired) electrons. The first kappa shape index (κ1) is 26.7. The van der Waals surface area contributed by atoms with E-state index < -0.39 is 6.10 Å². The van der Waals surface area contributed by atoms with Gasteiger partial charge in [-0.15, -0.1) is 24.0 Å². The van der Waals surface area contributed by atoms with Gasteiger partial charge >= 0.3 is 0 Å². The maximum Gasteiger partial charge on any atom is 0.251 e. The number of nitrogens with one attached hydrogen (secondary N) is 3. The SMILES string of the molecule is CCNC(=NCc1cccc(C(=O)NC)c1)NCC(O)c1ccc(OC(C)C)cc1.I. The van der Waals surface area contributed by atoms with Gasteiger partial charge in [0.1, 0.15) is 5.75 Å². The Morgan fingerprint density at radius 3 is 2.45 bits per heavy atom. The van der Waals surface area contributed by atoms with Crippen molar-refractivity contribution in [1.29, 1.82) is 0 Å². The third kappa shape index (κ3) is 9.14. The van der Waals surface area contributed by atoms with Gasteiger partial charge in [-0.1, -0.05) is 24.3 Å². The van der Waals surface area contributed by atoms with Crippen LogP contribution in [0, 0.1) is 0 Å².